The maximum absolute atomic E-state index is 13.0. The summed E-state index contributed by atoms with van der Waals surface area (Å²) in [5, 5.41) is 3.71. The number of carbonyl (C=O) groups excluding carboxylic acids is 1. The van der Waals surface area contributed by atoms with E-state index in [0.29, 0.717) is 15.4 Å². The Labute approximate surface area is 124 Å². The molecule has 0 saturated carbocycles. The predicted molar refractivity (Wildman–Crippen MR) is 78.7 cm³/mol. The highest BCUT2D eigenvalue weighted by molar-refractivity contribution is 9.10. The van der Waals surface area contributed by atoms with Crippen molar-refractivity contribution in [2.45, 2.75) is 32.2 Å². The van der Waals surface area contributed by atoms with Crippen LogP contribution in [0.1, 0.15) is 37.0 Å². The van der Waals surface area contributed by atoms with E-state index in [-0.39, 0.29) is 17.3 Å². The van der Waals surface area contributed by atoms with Gasteiger partial charge in [-0.05, 0) is 47.0 Å². The summed E-state index contributed by atoms with van der Waals surface area (Å²) in [6.45, 7) is 4.06. The normalized spacial score (nSPS) is 11.4. The Morgan fingerprint density at radius 3 is 2.44 bits per heavy atom. The van der Waals surface area contributed by atoms with Crippen molar-refractivity contribution in [2.24, 2.45) is 0 Å². The van der Waals surface area contributed by atoms with Gasteiger partial charge in [0.2, 0.25) is 0 Å². The molecule has 0 unspecified atom stereocenters. The van der Waals surface area contributed by atoms with E-state index in [0.717, 1.165) is 12.8 Å². The summed E-state index contributed by atoms with van der Waals surface area (Å²) in [5.74, 6) is -0.554. The zero-order chi connectivity index (χ0) is 13.8. The van der Waals surface area contributed by atoms with Gasteiger partial charge in [0.05, 0.1) is 5.56 Å². The number of carbonyl (C=O) groups is 1. The number of amides is 1. The molecule has 0 aliphatic carbocycles. The lowest BCUT2D eigenvalue weighted by Gasteiger charge is -2.31. The predicted octanol–water partition coefficient (Wildman–Crippen LogP) is 4.27. The molecule has 1 rings (SSSR count). The number of halogens is 3. The summed E-state index contributed by atoms with van der Waals surface area (Å²) in [6.07, 6.45) is 1.67. The van der Waals surface area contributed by atoms with Crippen LogP contribution in [0.3, 0.4) is 0 Å². The van der Waals surface area contributed by atoms with E-state index in [1.165, 1.54) is 18.2 Å². The van der Waals surface area contributed by atoms with Crippen LogP contribution in [-0.4, -0.2) is 16.8 Å². The molecule has 1 amide bonds. The smallest absolute Gasteiger partial charge is 0.252 e. The van der Waals surface area contributed by atoms with Crippen molar-refractivity contribution in [1.29, 1.82) is 0 Å². The zero-order valence-corrected chi connectivity index (χ0v) is 13.6. The molecule has 100 valence electrons. The van der Waals surface area contributed by atoms with Crippen LogP contribution in [-0.2, 0) is 0 Å². The fourth-order valence-corrected chi connectivity index (χ4v) is 3.10. The van der Waals surface area contributed by atoms with Gasteiger partial charge in [0.15, 0.2) is 0 Å². The molecular formula is C13H16Br2FNO. The molecule has 0 spiro atoms. The lowest BCUT2D eigenvalue weighted by Crippen LogP contribution is -2.49. The lowest BCUT2D eigenvalue weighted by molar-refractivity contribution is 0.0903. The van der Waals surface area contributed by atoms with Gasteiger partial charge in [-0.25, -0.2) is 4.39 Å². The third-order valence-electron chi connectivity index (χ3n) is 3.16. The second kappa shape index (κ2) is 6.66. The van der Waals surface area contributed by atoms with E-state index in [9.17, 15) is 9.18 Å². The summed E-state index contributed by atoms with van der Waals surface area (Å²) >= 11 is 6.65. The van der Waals surface area contributed by atoms with Crippen molar-refractivity contribution < 1.29 is 9.18 Å². The molecule has 0 atom stereocenters. The van der Waals surface area contributed by atoms with E-state index in [1.54, 1.807) is 0 Å². The summed E-state index contributed by atoms with van der Waals surface area (Å²) in [5.41, 5.74) is 0.189. The van der Waals surface area contributed by atoms with E-state index >= 15 is 0 Å². The fraction of sp³-hybridized carbons (Fsp3) is 0.462. The molecule has 2 nitrogen and oxygen atoms in total. The molecular weight excluding hydrogens is 365 g/mol. The number of hydrogen-bond donors (Lipinski definition) is 1. The Bertz CT molecular complexity index is 425. The van der Waals surface area contributed by atoms with E-state index in [4.69, 9.17) is 0 Å². The van der Waals surface area contributed by atoms with Crippen LogP contribution in [0, 0.1) is 5.82 Å². The minimum Gasteiger partial charge on any atom is -0.346 e. The van der Waals surface area contributed by atoms with Crippen molar-refractivity contribution in [3.05, 3.63) is 34.1 Å². The number of nitrogens with one attached hydrogen (secondary N) is 1. The van der Waals surface area contributed by atoms with Crippen LogP contribution >= 0.6 is 31.9 Å². The monoisotopic (exact) mass is 379 g/mol. The molecule has 1 aromatic rings. The minimum absolute atomic E-state index is 0.190. The molecule has 1 N–H and O–H groups in total. The van der Waals surface area contributed by atoms with Gasteiger partial charge < -0.3 is 5.32 Å². The van der Waals surface area contributed by atoms with Crippen molar-refractivity contribution in [3.8, 4) is 0 Å². The quantitative estimate of drug-likeness (QED) is 0.759. The van der Waals surface area contributed by atoms with Gasteiger partial charge in [0, 0.05) is 15.3 Å². The average Bonchev–Trinajstić information content (AvgIpc) is 2.36. The first kappa shape index (κ1) is 15.6. The maximum atomic E-state index is 13.0. The molecule has 0 aliphatic heterocycles. The molecule has 18 heavy (non-hydrogen) atoms. The Hall–Kier alpha value is -0.420. The Kier molecular flexibility index (Phi) is 5.79. The van der Waals surface area contributed by atoms with E-state index in [2.05, 4.69) is 37.2 Å². The van der Waals surface area contributed by atoms with E-state index < -0.39 is 0 Å². The SMILES string of the molecule is CCC(CC)(CBr)NC(=O)c1ccc(F)cc1Br. The summed E-state index contributed by atoms with van der Waals surface area (Å²) in [4.78, 5) is 12.2. The van der Waals surface area contributed by atoms with Gasteiger partial charge in [-0.15, -0.1) is 0 Å². The third-order valence-corrected chi connectivity index (χ3v) is 4.89. The number of hydrogen-bond acceptors (Lipinski definition) is 1. The van der Waals surface area contributed by atoms with Crippen molar-refractivity contribution in [2.75, 3.05) is 5.33 Å². The Balaban J connectivity index is 2.94. The van der Waals surface area contributed by atoms with Gasteiger partial charge in [0.25, 0.3) is 5.91 Å². The molecule has 0 bridgehead atoms. The van der Waals surface area contributed by atoms with Crippen molar-refractivity contribution >= 4 is 37.8 Å². The Morgan fingerprint density at radius 2 is 2.00 bits per heavy atom. The number of alkyl halides is 1. The standard InChI is InChI=1S/C13H16Br2FNO/c1-3-13(4-2,8-14)17-12(18)10-6-5-9(16)7-11(10)15/h5-7H,3-4,8H2,1-2H3,(H,17,18). The second-order valence-corrected chi connectivity index (χ2v) is 5.61. The summed E-state index contributed by atoms with van der Waals surface area (Å²) in [7, 11) is 0. The van der Waals surface area contributed by atoms with Crippen LogP contribution < -0.4 is 5.32 Å². The summed E-state index contributed by atoms with van der Waals surface area (Å²) < 4.78 is 13.4. The van der Waals surface area contributed by atoms with Crippen molar-refractivity contribution in [3.63, 3.8) is 0 Å². The van der Waals surface area contributed by atoms with Gasteiger partial charge in [-0.1, -0.05) is 29.8 Å². The topological polar surface area (TPSA) is 29.1 Å². The van der Waals surface area contributed by atoms with E-state index in [1.807, 2.05) is 13.8 Å². The molecule has 0 heterocycles. The molecule has 0 aliphatic rings. The largest absolute Gasteiger partial charge is 0.346 e. The highest BCUT2D eigenvalue weighted by Crippen LogP contribution is 2.22. The van der Waals surface area contributed by atoms with Gasteiger partial charge in [-0.3, -0.25) is 4.79 Å². The van der Waals surface area contributed by atoms with Crippen LogP contribution in [0.4, 0.5) is 4.39 Å². The maximum Gasteiger partial charge on any atom is 0.252 e. The number of rotatable bonds is 5. The van der Waals surface area contributed by atoms with Gasteiger partial charge >= 0.3 is 0 Å². The van der Waals surface area contributed by atoms with Gasteiger partial charge in [-0.2, -0.15) is 0 Å². The highest BCUT2D eigenvalue weighted by Gasteiger charge is 2.27. The lowest BCUT2D eigenvalue weighted by atomic mass is 9.95. The second-order valence-electron chi connectivity index (χ2n) is 4.20. The molecule has 0 saturated heterocycles. The highest BCUT2D eigenvalue weighted by atomic mass is 79.9. The van der Waals surface area contributed by atoms with Crippen molar-refractivity contribution in [1.82, 2.24) is 5.32 Å². The molecule has 5 heteroatoms. The minimum atomic E-state index is -0.365. The first-order valence-electron chi connectivity index (χ1n) is 5.81. The zero-order valence-electron chi connectivity index (χ0n) is 10.4. The first-order valence-corrected chi connectivity index (χ1v) is 7.73. The van der Waals surface area contributed by atoms with Crippen LogP contribution in [0.25, 0.3) is 0 Å². The average molecular weight is 381 g/mol. The molecule has 1 aromatic carbocycles. The van der Waals surface area contributed by atoms with Crippen LogP contribution in [0.5, 0.6) is 0 Å². The number of benzene rings is 1. The fourth-order valence-electron chi connectivity index (χ4n) is 1.63. The van der Waals surface area contributed by atoms with Crippen LogP contribution in [0.15, 0.2) is 22.7 Å². The first-order chi connectivity index (χ1) is 8.48. The van der Waals surface area contributed by atoms with Gasteiger partial charge in [0.1, 0.15) is 5.82 Å². The molecule has 0 aromatic heterocycles. The van der Waals surface area contributed by atoms with Crippen LogP contribution in [0.2, 0.25) is 0 Å². The third kappa shape index (κ3) is 3.54. The molecule has 0 radical (unpaired) electrons. The Morgan fingerprint density at radius 1 is 1.39 bits per heavy atom. The molecule has 0 fully saturated rings. The summed E-state index contributed by atoms with van der Waals surface area (Å²) in [6, 6.07) is 4.06.